The molecule has 1 aromatic rings. The van der Waals surface area contributed by atoms with Crippen molar-refractivity contribution in [3.63, 3.8) is 0 Å². The summed E-state index contributed by atoms with van der Waals surface area (Å²) in [5.41, 5.74) is 0.914. The van der Waals surface area contributed by atoms with Crippen LogP contribution in [0.5, 0.6) is 5.75 Å². The maximum absolute atomic E-state index is 6.16. The summed E-state index contributed by atoms with van der Waals surface area (Å²) in [5.74, 6) is 0.600. The van der Waals surface area contributed by atoms with Crippen LogP contribution in [-0.4, -0.2) is 20.2 Å². The van der Waals surface area contributed by atoms with Crippen LogP contribution in [0.4, 0.5) is 5.69 Å². The van der Waals surface area contributed by atoms with Gasteiger partial charge in [-0.25, -0.2) is 0 Å². The monoisotopic (exact) mass is 247 g/mol. The normalized spacial score (nSPS) is 10.6. The predicted molar refractivity (Wildman–Crippen MR) is 66.6 cm³/mol. The summed E-state index contributed by atoms with van der Waals surface area (Å²) in [6, 6.07) is 4.10. The van der Waals surface area contributed by atoms with Gasteiger partial charge in [0.05, 0.1) is 17.8 Å². The highest BCUT2D eigenvalue weighted by atomic mass is 35.5. The number of nitrogens with zero attached hydrogens (tertiary/aromatic N) is 1. The minimum absolute atomic E-state index is 0.368. The fourth-order valence-electron chi connectivity index (χ4n) is 1.23. The van der Waals surface area contributed by atoms with Crippen molar-refractivity contribution in [2.45, 2.75) is 19.9 Å². The third-order valence-corrected chi connectivity index (χ3v) is 3.26. The minimum Gasteiger partial charge on any atom is -0.495 e. The average Bonchev–Trinajstić information content (AvgIpc) is 2.21. The van der Waals surface area contributed by atoms with Crippen LogP contribution >= 0.6 is 23.2 Å². The first-order chi connectivity index (χ1) is 6.99. The lowest BCUT2D eigenvalue weighted by atomic mass is 10.2. The number of benzene rings is 1. The van der Waals surface area contributed by atoms with Crippen LogP contribution < -0.4 is 9.64 Å². The number of hydrogen-bond acceptors (Lipinski definition) is 2. The second kappa shape index (κ2) is 4.95. The number of anilines is 1. The van der Waals surface area contributed by atoms with E-state index < -0.39 is 0 Å². The highest BCUT2D eigenvalue weighted by Gasteiger charge is 2.14. The Balaban J connectivity index is 3.17. The number of methoxy groups -OCH3 is 1. The summed E-state index contributed by atoms with van der Waals surface area (Å²) in [7, 11) is 3.55. The van der Waals surface area contributed by atoms with Crippen molar-refractivity contribution in [2.24, 2.45) is 0 Å². The zero-order valence-corrected chi connectivity index (χ0v) is 10.9. The molecule has 0 amide bonds. The van der Waals surface area contributed by atoms with Gasteiger partial charge in [0.15, 0.2) is 0 Å². The summed E-state index contributed by atoms with van der Waals surface area (Å²) in [6.07, 6.45) is 0. The second-order valence-electron chi connectivity index (χ2n) is 3.62. The van der Waals surface area contributed by atoms with Gasteiger partial charge in [0.2, 0.25) is 0 Å². The molecule has 0 fully saturated rings. The third-order valence-electron chi connectivity index (χ3n) is 2.40. The van der Waals surface area contributed by atoms with E-state index in [2.05, 4.69) is 18.7 Å². The van der Waals surface area contributed by atoms with Gasteiger partial charge >= 0.3 is 0 Å². The van der Waals surface area contributed by atoms with Crippen molar-refractivity contribution in [3.8, 4) is 5.75 Å². The van der Waals surface area contributed by atoms with E-state index >= 15 is 0 Å². The molecule has 84 valence electrons. The van der Waals surface area contributed by atoms with E-state index in [1.807, 2.05) is 19.2 Å². The van der Waals surface area contributed by atoms with Gasteiger partial charge in [0.25, 0.3) is 0 Å². The lowest BCUT2D eigenvalue weighted by Gasteiger charge is -2.25. The lowest BCUT2D eigenvalue weighted by Crippen LogP contribution is -2.25. The molecule has 0 aliphatic heterocycles. The zero-order valence-electron chi connectivity index (χ0n) is 9.34. The Morgan fingerprint density at radius 3 is 2.27 bits per heavy atom. The van der Waals surface area contributed by atoms with Gasteiger partial charge in [-0.3, -0.25) is 0 Å². The van der Waals surface area contributed by atoms with Crippen molar-refractivity contribution in [2.75, 3.05) is 19.1 Å². The number of halogens is 2. The van der Waals surface area contributed by atoms with Gasteiger partial charge < -0.3 is 9.64 Å². The highest BCUT2D eigenvalue weighted by Crippen LogP contribution is 2.39. The van der Waals surface area contributed by atoms with E-state index in [0.717, 1.165) is 5.69 Å². The minimum atomic E-state index is 0.368. The van der Waals surface area contributed by atoms with Gasteiger partial charge in [-0.1, -0.05) is 23.2 Å². The molecule has 0 saturated carbocycles. The Morgan fingerprint density at radius 1 is 1.20 bits per heavy atom. The van der Waals surface area contributed by atoms with Crippen molar-refractivity contribution in [3.05, 3.63) is 22.2 Å². The van der Waals surface area contributed by atoms with Crippen LogP contribution in [-0.2, 0) is 0 Å². The second-order valence-corrected chi connectivity index (χ2v) is 4.38. The summed E-state index contributed by atoms with van der Waals surface area (Å²) < 4.78 is 5.09. The van der Waals surface area contributed by atoms with E-state index in [1.165, 1.54) is 0 Å². The van der Waals surface area contributed by atoms with E-state index in [0.29, 0.717) is 21.8 Å². The highest BCUT2D eigenvalue weighted by molar-refractivity contribution is 6.44. The Bertz CT molecular complexity index is 353. The molecule has 0 heterocycles. The number of ether oxygens (including phenoxy) is 1. The molecule has 0 N–H and O–H groups in total. The zero-order chi connectivity index (χ0) is 11.6. The Morgan fingerprint density at radius 2 is 1.80 bits per heavy atom. The number of rotatable bonds is 3. The summed E-state index contributed by atoms with van der Waals surface area (Å²) >= 11 is 12.2. The molecule has 1 rings (SSSR count). The quantitative estimate of drug-likeness (QED) is 0.805. The van der Waals surface area contributed by atoms with Crippen LogP contribution in [0.2, 0.25) is 10.0 Å². The van der Waals surface area contributed by atoms with Gasteiger partial charge in [-0.05, 0) is 26.0 Å². The summed E-state index contributed by atoms with van der Waals surface area (Å²) in [4.78, 5) is 2.06. The van der Waals surface area contributed by atoms with Crippen molar-refractivity contribution < 1.29 is 4.74 Å². The largest absolute Gasteiger partial charge is 0.495 e. The van der Waals surface area contributed by atoms with Crippen molar-refractivity contribution >= 4 is 28.9 Å². The fraction of sp³-hybridized carbons (Fsp3) is 0.455. The topological polar surface area (TPSA) is 12.5 Å². The van der Waals surface area contributed by atoms with Crippen LogP contribution in [0, 0.1) is 0 Å². The van der Waals surface area contributed by atoms with E-state index in [4.69, 9.17) is 27.9 Å². The maximum Gasteiger partial charge on any atom is 0.139 e. The molecule has 4 heteroatoms. The van der Waals surface area contributed by atoms with Crippen LogP contribution in [0.1, 0.15) is 13.8 Å². The Kier molecular flexibility index (Phi) is 4.12. The number of hydrogen-bond donors (Lipinski definition) is 0. The molecule has 1 aromatic carbocycles. The molecule has 0 aliphatic carbocycles. The van der Waals surface area contributed by atoms with E-state index in [1.54, 1.807) is 7.11 Å². The van der Waals surface area contributed by atoms with Crippen LogP contribution in [0.15, 0.2) is 12.1 Å². The molecular weight excluding hydrogens is 233 g/mol. The molecule has 0 radical (unpaired) electrons. The van der Waals surface area contributed by atoms with Crippen molar-refractivity contribution in [1.29, 1.82) is 0 Å². The molecule has 0 saturated heterocycles. The third kappa shape index (κ3) is 2.50. The Labute approximate surface area is 101 Å². The predicted octanol–water partition coefficient (Wildman–Crippen LogP) is 3.85. The first kappa shape index (κ1) is 12.5. The van der Waals surface area contributed by atoms with Gasteiger partial charge in [0, 0.05) is 13.1 Å². The molecule has 0 unspecified atom stereocenters. The molecule has 0 aromatic heterocycles. The fourth-order valence-corrected chi connectivity index (χ4v) is 1.76. The molecule has 15 heavy (non-hydrogen) atoms. The smallest absolute Gasteiger partial charge is 0.139 e. The summed E-state index contributed by atoms with van der Waals surface area (Å²) in [6.45, 7) is 4.18. The molecule has 0 atom stereocenters. The first-order valence-corrected chi connectivity index (χ1v) is 5.49. The summed E-state index contributed by atoms with van der Waals surface area (Å²) in [5, 5.41) is 0.997. The first-order valence-electron chi connectivity index (χ1n) is 4.73. The van der Waals surface area contributed by atoms with Crippen molar-refractivity contribution in [1.82, 2.24) is 0 Å². The van der Waals surface area contributed by atoms with E-state index in [9.17, 15) is 0 Å². The molecule has 0 aliphatic rings. The van der Waals surface area contributed by atoms with Gasteiger partial charge in [-0.15, -0.1) is 0 Å². The van der Waals surface area contributed by atoms with Crippen LogP contribution in [0.3, 0.4) is 0 Å². The van der Waals surface area contributed by atoms with Gasteiger partial charge in [-0.2, -0.15) is 0 Å². The lowest BCUT2D eigenvalue weighted by molar-refractivity contribution is 0.415. The Hall–Kier alpha value is -0.600. The SMILES string of the molecule is COc1ccc(N(C)C(C)C)c(Cl)c1Cl. The van der Waals surface area contributed by atoms with E-state index in [-0.39, 0.29) is 0 Å². The maximum atomic E-state index is 6.16. The molecule has 0 spiro atoms. The molecule has 0 bridgehead atoms. The molecule has 2 nitrogen and oxygen atoms in total. The van der Waals surface area contributed by atoms with Crippen LogP contribution in [0.25, 0.3) is 0 Å². The van der Waals surface area contributed by atoms with Gasteiger partial charge in [0.1, 0.15) is 10.8 Å². The standard InChI is InChI=1S/C11H15Cl2NO/c1-7(2)14(3)8-5-6-9(15-4)11(13)10(8)12/h5-7H,1-4H3. The molecular formula is C11H15Cl2NO. The average molecular weight is 248 g/mol.